The molecule has 2 aromatic carbocycles. The number of hydrogen-bond acceptors (Lipinski definition) is 11. The topological polar surface area (TPSA) is 121 Å². The number of carbonyl (C=O) groups excluding carboxylic acids is 1. The summed E-state index contributed by atoms with van der Waals surface area (Å²) in [7, 11) is 0. The van der Waals surface area contributed by atoms with Crippen LogP contribution in [-0.2, 0) is 47.4 Å². The van der Waals surface area contributed by atoms with Gasteiger partial charge in [-0.05, 0) is 22.3 Å². The van der Waals surface area contributed by atoms with E-state index in [9.17, 15) is 4.79 Å². The molecule has 3 rings (SSSR count). The molecule has 1 aliphatic rings. The van der Waals surface area contributed by atoms with Crippen LogP contribution in [0.1, 0.15) is 17.0 Å². The average molecular weight is 698 g/mol. The lowest BCUT2D eigenvalue weighted by molar-refractivity contribution is -0.0247. The van der Waals surface area contributed by atoms with Gasteiger partial charge in [-0.15, -0.1) is 11.6 Å². The van der Waals surface area contributed by atoms with E-state index in [1.165, 1.54) is 22.3 Å². The van der Waals surface area contributed by atoms with Crippen LogP contribution in [0.15, 0.2) is 48.5 Å². The van der Waals surface area contributed by atoms with E-state index in [4.69, 9.17) is 59.0 Å². The third-order valence-electron chi connectivity index (χ3n) is 7.06. The number of carbonyl (C=O) groups is 1. The highest BCUT2D eigenvalue weighted by Gasteiger charge is 2.28. The van der Waals surface area contributed by atoms with Crippen molar-refractivity contribution in [1.82, 2.24) is 5.32 Å². The fourth-order valence-corrected chi connectivity index (χ4v) is 4.90. The molecule has 0 unspecified atom stereocenters. The molecule has 12 nitrogen and oxygen atoms in total. The molecule has 270 valence electrons. The van der Waals surface area contributed by atoms with Crippen LogP contribution in [-0.4, -0.2) is 144 Å². The Morgan fingerprint density at radius 1 is 0.500 bits per heavy atom. The predicted molar refractivity (Wildman–Crippen MR) is 181 cm³/mol. The predicted octanol–water partition coefficient (Wildman–Crippen LogP) is 3.91. The zero-order valence-corrected chi connectivity index (χ0v) is 28.7. The van der Waals surface area contributed by atoms with Crippen molar-refractivity contribution in [1.29, 1.82) is 0 Å². The Morgan fingerprint density at radius 2 is 0.833 bits per heavy atom. The first kappa shape index (κ1) is 40.1. The first-order valence-corrected chi connectivity index (χ1v) is 17.2. The molecule has 48 heavy (non-hydrogen) atoms. The molecule has 0 fully saturated rings. The Hall–Kier alpha value is -2.36. The molecule has 0 atom stereocenters. The molecule has 1 aliphatic carbocycles. The molecule has 0 spiro atoms. The van der Waals surface area contributed by atoms with Gasteiger partial charge in [-0.25, -0.2) is 4.79 Å². The normalized spacial score (nSPS) is 12.3. The minimum absolute atomic E-state index is 0.0392. The second kappa shape index (κ2) is 27.5. The van der Waals surface area contributed by atoms with Crippen molar-refractivity contribution < 1.29 is 52.2 Å². The maximum atomic E-state index is 12.2. The van der Waals surface area contributed by atoms with E-state index in [-0.39, 0.29) is 12.5 Å². The van der Waals surface area contributed by atoms with Gasteiger partial charge in [0.05, 0.1) is 119 Å². The number of hydrogen-bond donors (Lipinski definition) is 1. The van der Waals surface area contributed by atoms with Crippen LogP contribution in [0.5, 0.6) is 0 Å². The highest BCUT2D eigenvalue weighted by Crippen LogP contribution is 2.44. The lowest BCUT2D eigenvalue weighted by atomic mass is 9.98. The molecule has 2 aromatic rings. The SMILES string of the molecule is O=C(NCCOCCOCCOCCOCCOCCOCCOCCOCCOCCCl)OCC1c2ccccc2-c2ccccc21. The van der Waals surface area contributed by atoms with Crippen LogP contribution in [0, 0.1) is 0 Å². The molecule has 0 aromatic heterocycles. The number of benzene rings is 2. The Morgan fingerprint density at radius 3 is 1.21 bits per heavy atom. The lowest BCUT2D eigenvalue weighted by Gasteiger charge is -2.14. The zero-order chi connectivity index (χ0) is 33.7. The van der Waals surface area contributed by atoms with Crippen molar-refractivity contribution in [2.24, 2.45) is 0 Å². The van der Waals surface area contributed by atoms with Crippen LogP contribution in [0.3, 0.4) is 0 Å². The monoisotopic (exact) mass is 697 g/mol. The minimum Gasteiger partial charge on any atom is -0.449 e. The molecule has 1 amide bonds. The molecule has 13 heteroatoms. The number of alkyl carbamates (subject to hydrolysis) is 1. The Labute approximate surface area is 289 Å². The summed E-state index contributed by atoms with van der Waals surface area (Å²) < 4.78 is 54.4. The quantitative estimate of drug-likeness (QED) is 0.0912. The second-order valence-corrected chi connectivity index (χ2v) is 10.8. The third kappa shape index (κ3) is 17.3. The van der Waals surface area contributed by atoms with Crippen molar-refractivity contribution in [3.05, 3.63) is 59.7 Å². The number of nitrogens with one attached hydrogen (secondary N) is 1. The van der Waals surface area contributed by atoms with Gasteiger partial charge in [0, 0.05) is 18.3 Å². The van der Waals surface area contributed by atoms with Gasteiger partial charge in [-0.2, -0.15) is 0 Å². The van der Waals surface area contributed by atoms with Crippen molar-refractivity contribution >= 4 is 17.7 Å². The number of halogens is 1. The van der Waals surface area contributed by atoms with Crippen LogP contribution >= 0.6 is 11.6 Å². The van der Waals surface area contributed by atoms with Gasteiger partial charge in [-0.1, -0.05) is 48.5 Å². The first-order valence-electron chi connectivity index (χ1n) is 16.7. The highest BCUT2D eigenvalue weighted by molar-refractivity contribution is 6.17. The number of rotatable bonds is 31. The molecule has 0 aliphatic heterocycles. The summed E-state index contributed by atoms with van der Waals surface area (Å²) in [5.74, 6) is 0.532. The molecule has 0 saturated heterocycles. The fourth-order valence-electron chi connectivity index (χ4n) is 4.79. The van der Waals surface area contributed by atoms with Crippen molar-refractivity contribution in [2.45, 2.75) is 5.92 Å². The lowest BCUT2D eigenvalue weighted by Crippen LogP contribution is -2.29. The van der Waals surface area contributed by atoms with Gasteiger partial charge in [-0.3, -0.25) is 0 Å². The minimum atomic E-state index is -0.451. The van der Waals surface area contributed by atoms with E-state index in [0.29, 0.717) is 131 Å². The Bertz CT molecular complexity index is 1050. The maximum absolute atomic E-state index is 12.2. The number of alkyl halides is 1. The third-order valence-corrected chi connectivity index (χ3v) is 7.21. The summed E-state index contributed by atoms with van der Waals surface area (Å²) >= 11 is 5.51. The fraction of sp³-hybridized carbons (Fsp3) is 0.629. The van der Waals surface area contributed by atoms with E-state index >= 15 is 0 Å². The van der Waals surface area contributed by atoms with Crippen LogP contribution in [0.4, 0.5) is 4.79 Å². The summed E-state index contributed by atoms with van der Waals surface area (Å²) in [5.41, 5.74) is 4.78. The number of ether oxygens (including phenoxy) is 10. The second-order valence-electron chi connectivity index (χ2n) is 10.5. The molecular weight excluding hydrogens is 646 g/mol. The van der Waals surface area contributed by atoms with E-state index in [2.05, 4.69) is 29.6 Å². The molecule has 0 heterocycles. The van der Waals surface area contributed by atoms with Gasteiger partial charge in [0.2, 0.25) is 0 Å². The van der Waals surface area contributed by atoms with Gasteiger partial charge in [0.1, 0.15) is 6.61 Å². The maximum Gasteiger partial charge on any atom is 0.407 e. The summed E-state index contributed by atoms with van der Waals surface area (Å²) in [6, 6.07) is 16.5. The van der Waals surface area contributed by atoms with E-state index in [1.54, 1.807) is 0 Å². The van der Waals surface area contributed by atoms with E-state index in [1.807, 2.05) is 24.3 Å². The number of amides is 1. The highest BCUT2D eigenvalue weighted by atomic mass is 35.5. The first-order chi connectivity index (χ1) is 23.8. The Balaban J connectivity index is 0.986. The van der Waals surface area contributed by atoms with Crippen LogP contribution in [0.25, 0.3) is 11.1 Å². The molecule has 1 N–H and O–H groups in total. The Kier molecular flexibility index (Phi) is 22.9. The summed E-state index contributed by atoms with van der Waals surface area (Å²) in [6.45, 7) is 9.49. The molecular formula is C35H52ClNO11. The zero-order valence-electron chi connectivity index (χ0n) is 27.9. The largest absolute Gasteiger partial charge is 0.449 e. The smallest absolute Gasteiger partial charge is 0.407 e. The van der Waals surface area contributed by atoms with Gasteiger partial charge in [0.25, 0.3) is 0 Å². The molecule has 0 bridgehead atoms. The number of fused-ring (bicyclic) bond motifs is 3. The average Bonchev–Trinajstić information content (AvgIpc) is 3.43. The van der Waals surface area contributed by atoms with Crippen molar-refractivity contribution in [3.8, 4) is 11.1 Å². The van der Waals surface area contributed by atoms with Crippen LogP contribution < -0.4 is 5.32 Å². The van der Waals surface area contributed by atoms with Gasteiger partial charge >= 0.3 is 6.09 Å². The molecule has 0 saturated carbocycles. The molecule has 0 radical (unpaired) electrons. The summed E-state index contributed by atoms with van der Waals surface area (Å²) in [6.07, 6.45) is -0.451. The van der Waals surface area contributed by atoms with Crippen molar-refractivity contribution in [3.63, 3.8) is 0 Å². The van der Waals surface area contributed by atoms with E-state index < -0.39 is 6.09 Å². The summed E-state index contributed by atoms with van der Waals surface area (Å²) in [5, 5.41) is 2.74. The van der Waals surface area contributed by atoms with Gasteiger partial charge in [0.15, 0.2) is 0 Å². The van der Waals surface area contributed by atoms with Crippen LogP contribution in [0.2, 0.25) is 0 Å². The summed E-state index contributed by atoms with van der Waals surface area (Å²) in [4.78, 5) is 12.2. The van der Waals surface area contributed by atoms with E-state index in [0.717, 1.165) is 0 Å². The van der Waals surface area contributed by atoms with Gasteiger partial charge < -0.3 is 52.7 Å². The van der Waals surface area contributed by atoms with Crippen molar-refractivity contribution in [2.75, 3.05) is 138 Å². The standard InChI is InChI=1S/C35H52ClNO11/c36-9-11-39-13-15-41-17-19-43-21-23-45-25-27-47-28-26-46-24-22-44-20-18-42-16-14-40-12-10-37-35(38)48-29-34-32-7-3-1-5-30(32)31-6-2-4-8-33(31)34/h1-8,34H,9-29H2,(H,37,38).